The number of carboxylic acid groups (broad SMARTS) is 1. The Morgan fingerprint density at radius 3 is 2.70 bits per heavy atom. The summed E-state index contributed by atoms with van der Waals surface area (Å²) in [5.74, 6) is -0.498. The fourth-order valence-electron chi connectivity index (χ4n) is 1.87. The Labute approximate surface area is 143 Å². The molecule has 0 saturated carbocycles. The largest absolute Gasteiger partial charge is 0.490 e. The number of nitrogens with zero attached hydrogens (tertiary/aromatic N) is 1. The van der Waals surface area contributed by atoms with E-state index in [0.29, 0.717) is 15.8 Å². The fourth-order valence-corrected chi connectivity index (χ4v) is 3.18. The number of thioether (sulfide) groups is 1. The van der Waals surface area contributed by atoms with E-state index < -0.39 is 5.97 Å². The molecule has 5 nitrogen and oxygen atoms in total. The third-order valence-electron chi connectivity index (χ3n) is 2.97. The molecular weight excluding hydrogens is 334 g/mol. The number of carbonyl (C=O) groups excluding carboxylic acids is 1. The second kappa shape index (κ2) is 7.94. The Hall–Kier alpha value is -2.12. The standard InChI is InChI=1S/C16H15NO4S2/c1-2-9-21-12-5-3-11(4-6-12)10-13-15(20)17(16(22)23-13)8-7-14(18)19/h2-6,10H,1,7-9H2,(H,18,19). The molecule has 2 rings (SSSR count). The van der Waals surface area contributed by atoms with Crippen molar-refractivity contribution in [1.29, 1.82) is 0 Å². The number of thiocarbonyl (C=S) groups is 1. The summed E-state index contributed by atoms with van der Waals surface area (Å²) in [5, 5.41) is 8.71. The SMILES string of the molecule is C=CCOc1ccc(C=C2SC(=S)N(CCC(=O)O)C2=O)cc1. The second-order valence-corrected chi connectivity index (χ2v) is 6.32. The van der Waals surface area contributed by atoms with Crippen molar-refractivity contribution in [2.75, 3.05) is 13.2 Å². The van der Waals surface area contributed by atoms with Gasteiger partial charge in [-0.2, -0.15) is 0 Å². The van der Waals surface area contributed by atoms with Crippen LogP contribution in [-0.2, 0) is 9.59 Å². The van der Waals surface area contributed by atoms with Gasteiger partial charge >= 0.3 is 5.97 Å². The molecule has 0 aromatic heterocycles. The van der Waals surface area contributed by atoms with Crippen molar-refractivity contribution in [3.63, 3.8) is 0 Å². The molecule has 1 N–H and O–H groups in total. The maximum absolute atomic E-state index is 12.3. The van der Waals surface area contributed by atoms with E-state index in [1.54, 1.807) is 24.3 Å². The third-order valence-corrected chi connectivity index (χ3v) is 4.35. The van der Waals surface area contributed by atoms with Gasteiger partial charge in [-0.1, -0.05) is 48.8 Å². The van der Waals surface area contributed by atoms with Gasteiger partial charge in [-0.25, -0.2) is 0 Å². The molecule has 0 spiro atoms. The van der Waals surface area contributed by atoms with Crippen molar-refractivity contribution in [3.8, 4) is 5.75 Å². The molecule has 1 saturated heterocycles. The first-order valence-corrected chi connectivity index (χ1v) is 8.04. The van der Waals surface area contributed by atoms with Crippen LogP contribution in [0.4, 0.5) is 0 Å². The van der Waals surface area contributed by atoms with Gasteiger partial charge in [0.1, 0.15) is 16.7 Å². The van der Waals surface area contributed by atoms with Gasteiger partial charge in [0.05, 0.1) is 11.3 Å². The van der Waals surface area contributed by atoms with E-state index in [0.717, 1.165) is 11.3 Å². The van der Waals surface area contributed by atoms with Crippen LogP contribution in [0.25, 0.3) is 6.08 Å². The molecule has 120 valence electrons. The molecule has 23 heavy (non-hydrogen) atoms. The Morgan fingerprint density at radius 1 is 1.39 bits per heavy atom. The number of ether oxygens (including phenoxy) is 1. The first kappa shape index (κ1) is 17.2. The molecule has 1 aliphatic heterocycles. The van der Waals surface area contributed by atoms with Crippen molar-refractivity contribution in [2.45, 2.75) is 6.42 Å². The van der Waals surface area contributed by atoms with Gasteiger partial charge in [-0.05, 0) is 23.8 Å². The Balaban J connectivity index is 2.07. The van der Waals surface area contributed by atoms with Crippen molar-refractivity contribution >= 4 is 46.3 Å². The quantitative estimate of drug-likeness (QED) is 0.464. The van der Waals surface area contributed by atoms with Gasteiger partial charge in [0.25, 0.3) is 5.91 Å². The van der Waals surface area contributed by atoms with Crippen molar-refractivity contribution in [1.82, 2.24) is 4.90 Å². The van der Waals surface area contributed by atoms with Crippen molar-refractivity contribution < 1.29 is 19.4 Å². The van der Waals surface area contributed by atoms with E-state index in [9.17, 15) is 9.59 Å². The highest BCUT2D eigenvalue weighted by atomic mass is 32.2. The molecule has 0 aliphatic carbocycles. The average molecular weight is 349 g/mol. The van der Waals surface area contributed by atoms with Crippen LogP contribution in [0, 0.1) is 0 Å². The first-order chi connectivity index (χ1) is 11.0. The zero-order valence-electron chi connectivity index (χ0n) is 12.2. The molecule has 1 amide bonds. The summed E-state index contributed by atoms with van der Waals surface area (Å²) in [6, 6.07) is 7.28. The topological polar surface area (TPSA) is 66.8 Å². The van der Waals surface area contributed by atoms with Gasteiger partial charge < -0.3 is 9.84 Å². The summed E-state index contributed by atoms with van der Waals surface area (Å²) in [7, 11) is 0. The molecule has 1 heterocycles. The molecular formula is C16H15NO4S2. The number of carbonyl (C=O) groups is 2. The number of hydrogen-bond acceptors (Lipinski definition) is 5. The zero-order chi connectivity index (χ0) is 16.8. The molecule has 0 radical (unpaired) electrons. The predicted octanol–water partition coefficient (Wildman–Crippen LogP) is 2.93. The van der Waals surface area contributed by atoms with Crippen LogP contribution in [-0.4, -0.2) is 39.4 Å². The number of carboxylic acids is 1. The van der Waals surface area contributed by atoms with Crippen LogP contribution < -0.4 is 4.74 Å². The minimum atomic E-state index is -0.960. The number of aliphatic carboxylic acids is 1. The highest BCUT2D eigenvalue weighted by Gasteiger charge is 2.31. The predicted molar refractivity (Wildman–Crippen MR) is 94.3 cm³/mol. The van der Waals surface area contributed by atoms with Crippen LogP contribution in [0.5, 0.6) is 5.75 Å². The number of benzene rings is 1. The lowest BCUT2D eigenvalue weighted by atomic mass is 10.2. The summed E-state index contributed by atoms with van der Waals surface area (Å²) >= 11 is 6.31. The average Bonchev–Trinajstić information content (AvgIpc) is 2.78. The lowest BCUT2D eigenvalue weighted by Gasteiger charge is -2.12. The minimum absolute atomic E-state index is 0.0890. The highest BCUT2D eigenvalue weighted by Crippen LogP contribution is 2.32. The second-order valence-electron chi connectivity index (χ2n) is 4.65. The molecule has 0 unspecified atom stereocenters. The van der Waals surface area contributed by atoms with Crippen LogP contribution in [0.3, 0.4) is 0 Å². The van der Waals surface area contributed by atoms with Crippen molar-refractivity contribution in [2.24, 2.45) is 0 Å². The normalized spacial score (nSPS) is 16.0. The maximum Gasteiger partial charge on any atom is 0.305 e. The zero-order valence-corrected chi connectivity index (χ0v) is 13.9. The Kier molecular flexibility index (Phi) is 5.95. The summed E-state index contributed by atoms with van der Waals surface area (Å²) in [4.78, 5) is 24.7. The first-order valence-electron chi connectivity index (χ1n) is 6.82. The van der Waals surface area contributed by atoms with E-state index in [2.05, 4.69) is 6.58 Å². The van der Waals surface area contributed by atoms with E-state index in [1.165, 1.54) is 16.7 Å². The van der Waals surface area contributed by atoms with Gasteiger partial charge in [0, 0.05) is 6.54 Å². The van der Waals surface area contributed by atoms with E-state index >= 15 is 0 Å². The summed E-state index contributed by atoms with van der Waals surface area (Å²) in [5.41, 5.74) is 0.842. The molecule has 7 heteroatoms. The fraction of sp³-hybridized carbons (Fsp3) is 0.188. The monoisotopic (exact) mass is 349 g/mol. The maximum atomic E-state index is 12.3. The third kappa shape index (κ3) is 4.67. The van der Waals surface area contributed by atoms with E-state index in [-0.39, 0.29) is 18.9 Å². The highest BCUT2D eigenvalue weighted by molar-refractivity contribution is 8.26. The molecule has 0 bridgehead atoms. The number of rotatable bonds is 7. The minimum Gasteiger partial charge on any atom is -0.490 e. The lowest BCUT2D eigenvalue weighted by Crippen LogP contribution is -2.30. The lowest BCUT2D eigenvalue weighted by molar-refractivity contribution is -0.137. The molecule has 1 fully saturated rings. The van der Waals surface area contributed by atoms with E-state index in [4.69, 9.17) is 22.1 Å². The van der Waals surface area contributed by atoms with E-state index in [1.807, 2.05) is 12.1 Å². The number of amides is 1. The van der Waals surface area contributed by atoms with Gasteiger partial charge in [-0.15, -0.1) is 0 Å². The van der Waals surface area contributed by atoms with Gasteiger partial charge in [-0.3, -0.25) is 14.5 Å². The molecule has 0 atom stereocenters. The van der Waals surface area contributed by atoms with Crippen molar-refractivity contribution in [3.05, 3.63) is 47.4 Å². The number of hydrogen-bond donors (Lipinski definition) is 1. The summed E-state index contributed by atoms with van der Waals surface area (Å²) in [6.07, 6.45) is 3.27. The summed E-state index contributed by atoms with van der Waals surface area (Å²) < 4.78 is 5.78. The van der Waals surface area contributed by atoms with Crippen LogP contribution in [0.15, 0.2) is 41.8 Å². The Bertz CT molecular complexity index is 667. The van der Waals surface area contributed by atoms with Crippen LogP contribution >= 0.6 is 24.0 Å². The van der Waals surface area contributed by atoms with Gasteiger partial charge in [0.2, 0.25) is 0 Å². The molecule has 1 aromatic carbocycles. The van der Waals surface area contributed by atoms with Gasteiger partial charge in [0.15, 0.2) is 0 Å². The van der Waals surface area contributed by atoms with Crippen LogP contribution in [0.2, 0.25) is 0 Å². The summed E-state index contributed by atoms with van der Waals surface area (Å²) in [6.45, 7) is 4.10. The molecule has 1 aliphatic rings. The molecule has 1 aromatic rings. The van der Waals surface area contributed by atoms with Crippen LogP contribution in [0.1, 0.15) is 12.0 Å². The smallest absolute Gasteiger partial charge is 0.305 e. The Morgan fingerprint density at radius 2 is 2.09 bits per heavy atom.